The molecule has 1 saturated carbocycles. The van der Waals surface area contributed by atoms with Gasteiger partial charge in [0, 0.05) is 35.8 Å². The molecular weight excluding hydrogens is 386 g/mol. The standard InChI is InChI=1S/C25H25N5O/c1-18-8-5-6-12-23(18)28-25(31)20(15-26)14-21-17-30(22-10-3-2-4-11-22)29-24(21)19-9-7-13-27-16-19/h2-4,7,9-11,13-14,16-18,23H,5-6,8,12H2,1H3,(H,28,31)/b20-14+. The van der Waals surface area contributed by atoms with Gasteiger partial charge in [0.2, 0.25) is 0 Å². The second kappa shape index (κ2) is 9.40. The van der Waals surface area contributed by atoms with Crippen molar-refractivity contribution in [3.63, 3.8) is 0 Å². The van der Waals surface area contributed by atoms with Crippen LogP contribution in [-0.4, -0.2) is 26.7 Å². The number of para-hydroxylation sites is 1. The Morgan fingerprint density at radius 2 is 2.00 bits per heavy atom. The van der Waals surface area contributed by atoms with Crippen molar-refractivity contribution in [2.45, 2.75) is 38.6 Å². The van der Waals surface area contributed by atoms with Gasteiger partial charge in [-0.15, -0.1) is 0 Å². The number of hydrogen-bond acceptors (Lipinski definition) is 4. The number of benzene rings is 1. The monoisotopic (exact) mass is 411 g/mol. The summed E-state index contributed by atoms with van der Waals surface area (Å²) in [6, 6.07) is 15.7. The van der Waals surface area contributed by atoms with E-state index in [4.69, 9.17) is 5.10 Å². The van der Waals surface area contributed by atoms with Crippen molar-refractivity contribution in [1.29, 1.82) is 5.26 Å². The third kappa shape index (κ3) is 4.72. The summed E-state index contributed by atoms with van der Waals surface area (Å²) in [6.07, 6.45) is 11.3. The summed E-state index contributed by atoms with van der Waals surface area (Å²) in [4.78, 5) is 17.1. The van der Waals surface area contributed by atoms with Gasteiger partial charge in [-0.05, 0) is 49.1 Å². The molecule has 2 unspecified atom stereocenters. The Labute approximate surface area is 182 Å². The number of hydrogen-bond donors (Lipinski definition) is 1. The van der Waals surface area contributed by atoms with Crippen LogP contribution in [0, 0.1) is 17.2 Å². The molecule has 0 aliphatic heterocycles. The lowest BCUT2D eigenvalue weighted by Crippen LogP contribution is -2.41. The Morgan fingerprint density at radius 3 is 2.71 bits per heavy atom. The number of aromatic nitrogens is 3. The maximum absolute atomic E-state index is 12.9. The lowest BCUT2D eigenvalue weighted by Gasteiger charge is -2.29. The summed E-state index contributed by atoms with van der Waals surface area (Å²) >= 11 is 0. The van der Waals surface area contributed by atoms with Crippen LogP contribution < -0.4 is 5.32 Å². The van der Waals surface area contributed by atoms with E-state index < -0.39 is 0 Å². The Hall–Kier alpha value is -3.72. The molecule has 0 bridgehead atoms. The van der Waals surface area contributed by atoms with Crippen LogP contribution in [0.5, 0.6) is 0 Å². The predicted octanol–water partition coefficient (Wildman–Crippen LogP) is 4.54. The Kier molecular flexibility index (Phi) is 6.23. The zero-order chi connectivity index (χ0) is 21.6. The summed E-state index contributed by atoms with van der Waals surface area (Å²) in [7, 11) is 0. The topological polar surface area (TPSA) is 83.6 Å². The molecule has 0 spiro atoms. The second-order valence-electron chi connectivity index (χ2n) is 7.97. The molecule has 3 aromatic rings. The molecule has 0 saturated heterocycles. The van der Waals surface area contributed by atoms with Gasteiger partial charge < -0.3 is 5.32 Å². The quantitative estimate of drug-likeness (QED) is 0.494. The molecule has 1 N–H and O–H groups in total. The fourth-order valence-corrected chi connectivity index (χ4v) is 4.01. The molecule has 2 aromatic heterocycles. The van der Waals surface area contributed by atoms with Gasteiger partial charge in [0.15, 0.2) is 0 Å². The van der Waals surface area contributed by atoms with Gasteiger partial charge in [0.05, 0.1) is 5.69 Å². The van der Waals surface area contributed by atoms with E-state index in [1.54, 1.807) is 23.2 Å². The van der Waals surface area contributed by atoms with Crippen LogP contribution in [0.2, 0.25) is 0 Å². The molecule has 2 atom stereocenters. The van der Waals surface area contributed by atoms with Crippen molar-refractivity contribution < 1.29 is 4.79 Å². The van der Waals surface area contributed by atoms with Gasteiger partial charge >= 0.3 is 0 Å². The average molecular weight is 412 g/mol. The highest BCUT2D eigenvalue weighted by Gasteiger charge is 2.24. The van der Waals surface area contributed by atoms with Crippen molar-refractivity contribution in [2.24, 2.45) is 5.92 Å². The Morgan fingerprint density at radius 1 is 1.19 bits per heavy atom. The molecule has 4 rings (SSSR count). The molecule has 6 nitrogen and oxygen atoms in total. The van der Waals surface area contributed by atoms with E-state index >= 15 is 0 Å². The van der Waals surface area contributed by atoms with Crippen LogP contribution >= 0.6 is 0 Å². The molecule has 1 aliphatic rings. The first kappa shape index (κ1) is 20.5. The molecule has 1 amide bonds. The highest BCUT2D eigenvalue weighted by molar-refractivity contribution is 6.02. The Bertz CT molecular complexity index is 1110. The zero-order valence-electron chi connectivity index (χ0n) is 17.5. The van der Waals surface area contributed by atoms with Crippen LogP contribution in [0.15, 0.2) is 66.6 Å². The third-order valence-electron chi connectivity index (χ3n) is 5.79. The normalized spacial score (nSPS) is 18.9. The summed E-state index contributed by atoms with van der Waals surface area (Å²) in [6.45, 7) is 2.16. The van der Waals surface area contributed by atoms with Crippen LogP contribution in [0.4, 0.5) is 0 Å². The van der Waals surface area contributed by atoms with Crippen LogP contribution in [0.3, 0.4) is 0 Å². The molecular formula is C25H25N5O. The average Bonchev–Trinajstić information content (AvgIpc) is 3.24. The van der Waals surface area contributed by atoms with E-state index in [0.29, 0.717) is 17.2 Å². The van der Waals surface area contributed by atoms with Crippen LogP contribution in [0.25, 0.3) is 23.0 Å². The molecule has 6 heteroatoms. The number of nitrogens with zero attached hydrogens (tertiary/aromatic N) is 4. The number of carbonyl (C=O) groups is 1. The molecule has 1 fully saturated rings. The molecule has 2 heterocycles. The molecule has 156 valence electrons. The fourth-order valence-electron chi connectivity index (χ4n) is 4.01. The van der Waals surface area contributed by atoms with Crippen molar-refractivity contribution in [3.8, 4) is 23.0 Å². The molecule has 1 aliphatic carbocycles. The Balaban J connectivity index is 1.69. The van der Waals surface area contributed by atoms with Crippen molar-refractivity contribution >= 4 is 12.0 Å². The molecule has 0 radical (unpaired) electrons. The SMILES string of the molecule is CC1CCCCC1NC(=O)/C(C#N)=C/c1cn(-c2ccccc2)nc1-c1cccnc1. The number of pyridine rings is 1. The lowest BCUT2D eigenvalue weighted by atomic mass is 9.86. The van der Waals surface area contributed by atoms with E-state index in [2.05, 4.69) is 23.3 Å². The minimum atomic E-state index is -0.328. The van der Waals surface area contributed by atoms with Gasteiger partial charge in [0.1, 0.15) is 17.3 Å². The zero-order valence-corrected chi connectivity index (χ0v) is 17.5. The highest BCUT2D eigenvalue weighted by Crippen LogP contribution is 2.26. The molecule has 31 heavy (non-hydrogen) atoms. The first-order valence-corrected chi connectivity index (χ1v) is 10.6. The first-order chi connectivity index (χ1) is 15.2. The number of rotatable bonds is 5. The maximum Gasteiger partial charge on any atom is 0.262 e. The van der Waals surface area contributed by atoms with Gasteiger partial charge in [-0.25, -0.2) is 4.68 Å². The smallest absolute Gasteiger partial charge is 0.262 e. The van der Waals surface area contributed by atoms with E-state index in [0.717, 1.165) is 30.5 Å². The fraction of sp³-hybridized carbons (Fsp3) is 0.280. The number of amides is 1. The second-order valence-corrected chi connectivity index (χ2v) is 7.97. The lowest BCUT2D eigenvalue weighted by molar-refractivity contribution is -0.118. The minimum Gasteiger partial charge on any atom is -0.348 e. The van der Waals surface area contributed by atoms with Crippen LogP contribution in [0.1, 0.15) is 38.2 Å². The molecule has 1 aromatic carbocycles. The van der Waals surface area contributed by atoms with Gasteiger partial charge in [-0.1, -0.05) is 38.0 Å². The largest absolute Gasteiger partial charge is 0.348 e. The minimum absolute atomic E-state index is 0.0792. The maximum atomic E-state index is 12.9. The van der Waals surface area contributed by atoms with Gasteiger partial charge in [0.25, 0.3) is 5.91 Å². The van der Waals surface area contributed by atoms with E-state index in [9.17, 15) is 10.1 Å². The number of carbonyl (C=O) groups excluding carboxylic acids is 1. The van der Waals surface area contributed by atoms with E-state index in [-0.39, 0.29) is 17.5 Å². The predicted molar refractivity (Wildman–Crippen MR) is 120 cm³/mol. The van der Waals surface area contributed by atoms with E-state index in [1.165, 1.54) is 6.42 Å². The van der Waals surface area contributed by atoms with Crippen molar-refractivity contribution in [1.82, 2.24) is 20.1 Å². The highest BCUT2D eigenvalue weighted by atomic mass is 16.1. The van der Waals surface area contributed by atoms with E-state index in [1.807, 2.05) is 48.7 Å². The number of nitriles is 1. The van der Waals surface area contributed by atoms with Crippen LogP contribution in [-0.2, 0) is 4.79 Å². The van der Waals surface area contributed by atoms with Crippen molar-refractivity contribution in [2.75, 3.05) is 0 Å². The summed E-state index contributed by atoms with van der Waals surface area (Å²) in [5.74, 6) is 0.0928. The summed E-state index contributed by atoms with van der Waals surface area (Å²) in [5, 5.41) is 17.5. The summed E-state index contributed by atoms with van der Waals surface area (Å²) < 4.78 is 1.75. The number of nitrogens with one attached hydrogen (secondary N) is 1. The van der Waals surface area contributed by atoms with Crippen molar-refractivity contribution in [3.05, 3.63) is 72.2 Å². The van der Waals surface area contributed by atoms with Gasteiger partial charge in [-0.3, -0.25) is 9.78 Å². The third-order valence-corrected chi connectivity index (χ3v) is 5.79. The first-order valence-electron chi connectivity index (χ1n) is 10.6. The summed E-state index contributed by atoms with van der Waals surface area (Å²) in [5.41, 5.74) is 3.16. The van der Waals surface area contributed by atoms with Gasteiger partial charge in [-0.2, -0.15) is 10.4 Å².